The molecule has 0 saturated heterocycles. The molecule has 0 saturated carbocycles. The molecule has 1 amide bonds. The number of Topliss-reactive ketones (excluding diaryl/α,β-unsaturated/α-hetero) is 1. The Morgan fingerprint density at radius 1 is 1.08 bits per heavy atom. The first kappa shape index (κ1) is 18.5. The van der Waals surface area contributed by atoms with E-state index in [9.17, 15) is 9.59 Å². The van der Waals surface area contributed by atoms with Crippen molar-refractivity contribution in [2.45, 2.75) is 19.9 Å². The summed E-state index contributed by atoms with van der Waals surface area (Å²) >= 11 is 12.0. The number of ketones is 1. The molecule has 6 heteroatoms. The normalized spacial score (nSPS) is 11.8. The van der Waals surface area contributed by atoms with E-state index in [1.807, 2.05) is 13.0 Å². The fraction of sp³-hybridized carbons (Fsp3) is 0.222. The predicted molar refractivity (Wildman–Crippen MR) is 98.0 cm³/mol. The Balaban J connectivity index is 1.89. The minimum absolute atomic E-state index is 0.0109. The van der Waals surface area contributed by atoms with Crippen molar-refractivity contribution in [2.75, 3.05) is 11.9 Å². The summed E-state index contributed by atoms with van der Waals surface area (Å²) in [6.07, 6.45) is 0. The van der Waals surface area contributed by atoms with Crippen LogP contribution in [0.15, 0.2) is 42.5 Å². The fourth-order valence-electron chi connectivity index (χ4n) is 2.20. The molecular weight excluding hydrogens is 347 g/mol. The van der Waals surface area contributed by atoms with E-state index in [1.54, 1.807) is 36.4 Å². The molecule has 0 radical (unpaired) electrons. The van der Waals surface area contributed by atoms with E-state index in [2.05, 4.69) is 10.6 Å². The lowest BCUT2D eigenvalue weighted by atomic mass is 10.1. The monoisotopic (exact) mass is 364 g/mol. The zero-order chi connectivity index (χ0) is 17.7. The van der Waals surface area contributed by atoms with Gasteiger partial charge in [0.2, 0.25) is 5.91 Å². The molecule has 24 heavy (non-hydrogen) atoms. The maximum atomic E-state index is 12.0. The van der Waals surface area contributed by atoms with Crippen LogP contribution in [0.4, 0.5) is 5.69 Å². The van der Waals surface area contributed by atoms with E-state index < -0.39 is 0 Å². The first-order chi connectivity index (χ1) is 11.4. The summed E-state index contributed by atoms with van der Waals surface area (Å²) in [5.41, 5.74) is 2.13. The van der Waals surface area contributed by atoms with Crippen LogP contribution in [0.2, 0.25) is 10.0 Å². The number of amides is 1. The van der Waals surface area contributed by atoms with Gasteiger partial charge >= 0.3 is 0 Å². The van der Waals surface area contributed by atoms with Gasteiger partial charge in [-0.25, -0.2) is 0 Å². The van der Waals surface area contributed by atoms with Crippen molar-refractivity contribution in [3.63, 3.8) is 0 Å². The van der Waals surface area contributed by atoms with E-state index in [0.717, 1.165) is 5.56 Å². The number of hydrogen-bond acceptors (Lipinski definition) is 3. The Morgan fingerprint density at radius 2 is 1.75 bits per heavy atom. The van der Waals surface area contributed by atoms with E-state index in [4.69, 9.17) is 23.2 Å². The molecule has 2 aromatic rings. The molecule has 4 nitrogen and oxygen atoms in total. The van der Waals surface area contributed by atoms with Gasteiger partial charge in [0, 0.05) is 27.3 Å². The van der Waals surface area contributed by atoms with Crippen LogP contribution in [0.3, 0.4) is 0 Å². The highest BCUT2D eigenvalue weighted by Crippen LogP contribution is 2.25. The van der Waals surface area contributed by atoms with Crippen molar-refractivity contribution in [3.8, 4) is 0 Å². The second-order valence-corrected chi connectivity index (χ2v) is 6.29. The molecule has 2 N–H and O–H groups in total. The molecule has 2 rings (SSSR count). The number of hydrogen-bond donors (Lipinski definition) is 2. The van der Waals surface area contributed by atoms with Crippen LogP contribution in [-0.4, -0.2) is 18.2 Å². The maximum Gasteiger partial charge on any atom is 0.238 e. The Hall–Kier alpha value is -1.88. The minimum Gasteiger partial charge on any atom is -0.325 e. The van der Waals surface area contributed by atoms with Crippen LogP contribution in [-0.2, 0) is 4.79 Å². The third kappa shape index (κ3) is 5.06. The van der Waals surface area contributed by atoms with Crippen molar-refractivity contribution in [2.24, 2.45) is 0 Å². The van der Waals surface area contributed by atoms with Crippen LogP contribution in [0, 0.1) is 0 Å². The van der Waals surface area contributed by atoms with Crippen molar-refractivity contribution in [1.29, 1.82) is 0 Å². The lowest BCUT2D eigenvalue weighted by Crippen LogP contribution is -2.30. The Kier molecular flexibility index (Phi) is 6.37. The number of nitrogens with one attached hydrogen (secondary N) is 2. The number of carbonyl (C=O) groups is 2. The SMILES string of the molecule is CC(=O)c1ccc(NC(=O)CN[C@H](C)c2ccc(Cl)cc2Cl)cc1. The van der Waals surface area contributed by atoms with Crippen molar-refractivity contribution in [1.82, 2.24) is 5.32 Å². The van der Waals surface area contributed by atoms with Crippen LogP contribution in [0.25, 0.3) is 0 Å². The standard InChI is InChI=1S/C18H18Cl2N2O2/c1-11(16-8-5-14(19)9-17(16)20)21-10-18(24)22-15-6-3-13(4-7-15)12(2)23/h3-9,11,21H,10H2,1-2H3,(H,22,24)/t11-/m1/s1. The molecule has 1 atom stereocenters. The number of halogens is 2. The molecular formula is C18H18Cl2N2O2. The Morgan fingerprint density at radius 3 is 2.33 bits per heavy atom. The lowest BCUT2D eigenvalue weighted by molar-refractivity contribution is -0.115. The molecule has 0 aromatic heterocycles. The third-order valence-electron chi connectivity index (χ3n) is 3.57. The van der Waals surface area contributed by atoms with E-state index in [1.165, 1.54) is 6.92 Å². The van der Waals surface area contributed by atoms with Crippen LogP contribution < -0.4 is 10.6 Å². The average Bonchev–Trinajstić information content (AvgIpc) is 2.53. The number of benzene rings is 2. The molecule has 2 aromatic carbocycles. The van der Waals surface area contributed by atoms with Gasteiger partial charge < -0.3 is 10.6 Å². The average molecular weight is 365 g/mol. The molecule has 0 aliphatic heterocycles. The molecule has 0 spiro atoms. The molecule has 0 aliphatic rings. The lowest BCUT2D eigenvalue weighted by Gasteiger charge is -2.16. The van der Waals surface area contributed by atoms with Crippen LogP contribution in [0.1, 0.15) is 35.8 Å². The quantitative estimate of drug-likeness (QED) is 0.742. The number of carbonyl (C=O) groups excluding carboxylic acids is 2. The Labute approximate surface area is 151 Å². The molecule has 0 fully saturated rings. The summed E-state index contributed by atoms with van der Waals surface area (Å²) in [4.78, 5) is 23.2. The Bertz CT molecular complexity index is 745. The highest BCUT2D eigenvalue weighted by molar-refractivity contribution is 6.35. The van der Waals surface area contributed by atoms with Crippen molar-refractivity contribution in [3.05, 3.63) is 63.6 Å². The molecule has 0 aliphatic carbocycles. The smallest absolute Gasteiger partial charge is 0.238 e. The summed E-state index contributed by atoms with van der Waals surface area (Å²) in [5.74, 6) is -0.189. The van der Waals surface area contributed by atoms with Gasteiger partial charge in [-0.05, 0) is 55.8 Å². The van der Waals surface area contributed by atoms with E-state index in [-0.39, 0.29) is 24.3 Å². The van der Waals surface area contributed by atoms with Gasteiger partial charge in [0.05, 0.1) is 6.54 Å². The van der Waals surface area contributed by atoms with Crippen molar-refractivity contribution >= 4 is 40.6 Å². The number of anilines is 1. The fourth-order valence-corrected chi connectivity index (χ4v) is 2.77. The van der Waals surface area contributed by atoms with Gasteiger partial charge in [0.25, 0.3) is 0 Å². The second kappa shape index (κ2) is 8.29. The summed E-state index contributed by atoms with van der Waals surface area (Å²) in [6.45, 7) is 3.55. The zero-order valence-corrected chi connectivity index (χ0v) is 14.9. The first-order valence-corrected chi connectivity index (χ1v) is 8.21. The van der Waals surface area contributed by atoms with Gasteiger partial charge in [-0.3, -0.25) is 9.59 Å². The second-order valence-electron chi connectivity index (χ2n) is 5.45. The van der Waals surface area contributed by atoms with Gasteiger partial charge in [-0.2, -0.15) is 0 Å². The molecule has 0 unspecified atom stereocenters. The van der Waals surface area contributed by atoms with Crippen LogP contribution >= 0.6 is 23.2 Å². The van der Waals surface area contributed by atoms with Gasteiger partial charge in [0.1, 0.15) is 0 Å². The molecule has 0 bridgehead atoms. The number of rotatable bonds is 6. The maximum absolute atomic E-state index is 12.0. The van der Waals surface area contributed by atoms with Gasteiger partial charge in [0.15, 0.2) is 5.78 Å². The predicted octanol–water partition coefficient (Wildman–Crippen LogP) is 4.49. The molecule has 126 valence electrons. The zero-order valence-electron chi connectivity index (χ0n) is 13.4. The minimum atomic E-state index is -0.178. The topological polar surface area (TPSA) is 58.2 Å². The largest absolute Gasteiger partial charge is 0.325 e. The summed E-state index contributed by atoms with van der Waals surface area (Å²) in [5, 5.41) is 7.02. The first-order valence-electron chi connectivity index (χ1n) is 7.46. The third-order valence-corrected chi connectivity index (χ3v) is 4.14. The van der Waals surface area contributed by atoms with Crippen LogP contribution in [0.5, 0.6) is 0 Å². The molecule has 0 heterocycles. The highest BCUT2D eigenvalue weighted by Gasteiger charge is 2.11. The van der Waals surface area contributed by atoms with Crippen molar-refractivity contribution < 1.29 is 9.59 Å². The van der Waals surface area contributed by atoms with Gasteiger partial charge in [-0.15, -0.1) is 0 Å². The van der Waals surface area contributed by atoms with E-state index >= 15 is 0 Å². The highest BCUT2D eigenvalue weighted by atomic mass is 35.5. The van der Waals surface area contributed by atoms with Gasteiger partial charge in [-0.1, -0.05) is 29.3 Å². The summed E-state index contributed by atoms with van der Waals surface area (Å²) < 4.78 is 0. The van der Waals surface area contributed by atoms with E-state index in [0.29, 0.717) is 21.3 Å². The summed E-state index contributed by atoms with van der Waals surface area (Å²) in [7, 11) is 0. The summed E-state index contributed by atoms with van der Waals surface area (Å²) in [6, 6.07) is 11.9.